The van der Waals surface area contributed by atoms with E-state index in [0.29, 0.717) is 23.6 Å². The van der Waals surface area contributed by atoms with E-state index in [-0.39, 0.29) is 17.9 Å². The molecule has 0 radical (unpaired) electrons. The highest BCUT2D eigenvalue weighted by Crippen LogP contribution is 2.12. The van der Waals surface area contributed by atoms with Gasteiger partial charge in [0.25, 0.3) is 5.91 Å². The first kappa shape index (κ1) is 19.4. The number of halogens is 1. The van der Waals surface area contributed by atoms with Crippen LogP contribution in [0.5, 0.6) is 0 Å². The predicted molar refractivity (Wildman–Crippen MR) is 105 cm³/mol. The van der Waals surface area contributed by atoms with E-state index in [1.165, 1.54) is 0 Å². The zero-order valence-corrected chi connectivity index (χ0v) is 15.7. The van der Waals surface area contributed by atoms with Crippen LogP contribution < -0.4 is 10.6 Å². The van der Waals surface area contributed by atoms with Gasteiger partial charge >= 0.3 is 0 Å². The molecule has 2 amide bonds. The van der Waals surface area contributed by atoms with Gasteiger partial charge in [0.15, 0.2) is 0 Å². The molecule has 2 N–H and O–H groups in total. The van der Waals surface area contributed by atoms with Crippen LogP contribution >= 0.6 is 11.6 Å². The normalized spacial score (nSPS) is 17.3. The molecular weight excluding hydrogens is 364 g/mol. The molecule has 1 fully saturated rings. The second kappa shape index (κ2) is 9.53. The van der Waals surface area contributed by atoms with Crippen LogP contribution in [-0.2, 0) is 16.0 Å². The number of carbonyl (C=O) groups is 2. The van der Waals surface area contributed by atoms with E-state index in [1.807, 2.05) is 30.3 Å². The van der Waals surface area contributed by atoms with E-state index >= 15 is 0 Å². The Morgan fingerprint density at radius 3 is 2.52 bits per heavy atom. The highest BCUT2D eigenvalue weighted by molar-refractivity contribution is 6.30. The minimum atomic E-state index is -0.669. The molecule has 2 unspecified atom stereocenters. The second-order valence-electron chi connectivity index (χ2n) is 6.60. The van der Waals surface area contributed by atoms with Gasteiger partial charge in [-0.05, 0) is 42.7 Å². The Balaban J connectivity index is 1.67. The molecule has 1 aliphatic heterocycles. The van der Waals surface area contributed by atoms with Crippen molar-refractivity contribution < 1.29 is 14.3 Å². The molecule has 1 saturated heterocycles. The van der Waals surface area contributed by atoms with Gasteiger partial charge in [0.2, 0.25) is 5.91 Å². The van der Waals surface area contributed by atoms with Gasteiger partial charge in [-0.1, -0.05) is 41.9 Å². The van der Waals surface area contributed by atoms with Gasteiger partial charge in [-0.3, -0.25) is 9.59 Å². The summed E-state index contributed by atoms with van der Waals surface area (Å²) in [7, 11) is 0. The average molecular weight is 387 g/mol. The number of hydrogen-bond donors (Lipinski definition) is 2. The Hall–Kier alpha value is -2.37. The number of benzene rings is 2. The summed E-state index contributed by atoms with van der Waals surface area (Å²) in [5, 5.41) is 6.31. The fourth-order valence-electron chi connectivity index (χ4n) is 3.04. The molecule has 1 heterocycles. The maximum Gasteiger partial charge on any atom is 0.251 e. The first-order valence-corrected chi connectivity index (χ1v) is 9.49. The van der Waals surface area contributed by atoms with Gasteiger partial charge in [-0.15, -0.1) is 0 Å². The van der Waals surface area contributed by atoms with Gasteiger partial charge in [0.1, 0.15) is 6.04 Å². The van der Waals surface area contributed by atoms with Crippen LogP contribution in [0.4, 0.5) is 0 Å². The summed E-state index contributed by atoms with van der Waals surface area (Å²) in [6, 6.07) is 15.5. The summed E-state index contributed by atoms with van der Waals surface area (Å²) in [5.74, 6) is -0.517. The summed E-state index contributed by atoms with van der Waals surface area (Å²) in [6.07, 6.45) is 2.43. The van der Waals surface area contributed by atoms with Crippen molar-refractivity contribution in [2.24, 2.45) is 0 Å². The largest absolute Gasteiger partial charge is 0.376 e. The van der Waals surface area contributed by atoms with Gasteiger partial charge in [-0.2, -0.15) is 0 Å². The summed E-state index contributed by atoms with van der Waals surface area (Å²) in [5.41, 5.74) is 1.44. The van der Waals surface area contributed by atoms with Crippen molar-refractivity contribution in [3.05, 3.63) is 70.7 Å². The highest BCUT2D eigenvalue weighted by Gasteiger charge is 2.24. The third kappa shape index (κ3) is 5.81. The Kier molecular flexibility index (Phi) is 6.85. The lowest BCUT2D eigenvalue weighted by atomic mass is 10.0. The maximum absolute atomic E-state index is 12.7. The first-order chi connectivity index (χ1) is 13.1. The molecule has 0 aromatic heterocycles. The molecule has 142 valence electrons. The first-order valence-electron chi connectivity index (χ1n) is 9.11. The number of amides is 2. The molecule has 0 spiro atoms. The minimum absolute atomic E-state index is 0.0540. The Labute approximate surface area is 164 Å². The van der Waals surface area contributed by atoms with Crippen molar-refractivity contribution in [3.63, 3.8) is 0 Å². The fraction of sp³-hybridized carbons (Fsp3) is 0.333. The summed E-state index contributed by atoms with van der Waals surface area (Å²) in [6.45, 7) is 1.20. The van der Waals surface area contributed by atoms with E-state index in [1.54, 1.807) is 24.3 Å². The molecule has 3 rings (SSSR count). The van der Waals surface area contributed by atoms with E-state index in [0.717, 1.165) is 25.0 Å². The summed E-state index contributed by atoms with van der Waals surface area (Å²) in [4.78, 5) is 25.3. The van der Waals surface area contributed by atoms with Crippen molar-refractivity contribution >= 4 is 23.4 Å². The third-order valence-corrected chi connectivity index (χ3v) is 4.79. The summed E-state index contributed by atoms with van der Waals surface area (Å²) >= 11 is 5.88. The molecule has 2 aromatic rings. The van der Waals surface area contributed by atoms with Crippen LogP contribution in [0.3, 0.4) is 0 Å². The third-order valence-electron chi connectivity index (χ3n) is 4.54. The van der Waals surface area contributed by atoms with Crippen LogP contribution in [0.25, 0.3) is 0 Å². The summed E-state index contributed by atoms with van der Waals surface area (Å²) < 4.78 is 5.55. The van der Waals surface area contributed by atoms with Gasteiger partial charge < -0.3 is 15.4 Å². The Morgan fingerprint density at radius 2 is 1.85 bits per heavy atom. The maximum atomic E-state index is 12.7. The van der Waals surface area contributed by atoms with Crippen molar-refractivity contribution in [1.82, 2.24) is 10.6 Å². The lowest BCUT2D eigenvalue weighted by Gasteiger charge is -2.20. The average Bonchev–Trinajstić information content (AvgIpc) is 3.20. The molecule has 27 heavy (non-hydrogen) atoms. The molecule has 2 atom stereocenters. The van der Waals surface area contributed by atoms with Gasteiger partial charge in [0.05, 0.1) is 6.10 Å². The van der Waals surface area contributed by atoms with Crippen LogP contribution in [0, 0.1) is 0 Å². The van der Waals surface area contributed by atoms with E-state index in [4.69, 9.17) is 16.3 Å². The van der Waals surface area contributed by atoms with Crippen LogP contribution in [0.1, 0.15) is 28.8 Å². The monoisotopic (exact) mass is 386 g/mol. The van der Waals surface area contributed by atoms with Gasteiger partial charge in [-0.25, -0.2) is 0 Å². The molecular formula is C21H23ClN2O3. The Bertz CT molecular complexity index is 759. The minimum Gasteiger partial charge on any atom is -0.376 e. The van der Waals surface area contributed by atoms with Crippen LogP contribution in [0.15, 0.2) is 54.6 Å². The Morgan fingerprint density at radius 1 is 1.11 bits per heavy atom. The predicted octanol–water partition coefficient (Wildman–Crippen LogP) is 2.98. The van der Waals surface area contributed by atoms with Crippen molar-refractivity contribution in [1.29, 1.82) is 0 Å². The van der Waals surface area contributed by atoms with Crippen molar-refractivity contribution in [2.75, 3.05) is 13.2 Å². The van der Waals surface area contributed by atoms with Crippen molar-refractivity contribution in [2.45, 2.75) is 31.4 Å². The second-order valence-corrected chi connectivity index (χ2v) is 7.04. The van der Waals surface area contributed by atoms with Crippen LogP contribution in [0.2, 0.25) is 5.02 Å². The van der Waals surface area contributed by atoms with E-state index in [2.05, 4.69) is 10.6 Å². The molecule has 0 bridgehead atoms. The standard InChI is InChI=1S/C21H23ClN2O3/c22-17-10-8-16(9-11-17)20(25)24-19(13-15-5-2-1-3-6-15)21(26)23-14-18-7-4-12-27-18/h1-3,5-6,8-11,18-19H,4,7,12-14H2,(H,23,26)(H,24,25). The fourth-order valence-corrected chi connectivity index (χ4v) is 3.17. The number of rotatable bonds is 7. The highest BCUT2D eigenvalue weighted by atomic mass is 35.5. The molecule has 0 saturated carbocycles. The topological polar surface area (TPSA) is 67.4 Å². The van der Waals surface area contributed by atoms with E-state index in [9.17, 15) is 9.59 Å². The number of ether oxygens (including phenoxy) is 1. The SMILES string of the molecule is O=C(NC(Cc1ccccc1)C(=O)NCC1CCCO1)c1ccc(Cl)cc1. The smallest absolute Gasteiger partial charge is 0.251 e. The van der Waals surface area contributed by atoms with Crippen LogP contribution in [-0.4, -0.2) is 37.1 Å². The molecule has 0 aliphatic carbocycles. The number of carbonyl (C=O) groups excluding carboxylic acids is 2. The quantitative estimate of drug-likeness (QED) is 0.768. The molecule has 5 nitrogen and oxygen atoms in total. The molecule has 1 aliphatic rings. The van der Waals surface area contributed by atoms with Gasteiger partial charge in [0, 0.05) is 30.2 Å². The number of nitrogens with one attached hydrogen (secondary N) is 2. The molecule has 6 heteroatoms. The zero-order chi connectivity index (χ0) is 19.1. The molecule has 2 aromatic carbocycles. The van der Waals surface area contributed by atoms with Crippen molar-refractivity contribution in [3.8, 4) is 0 Å². The van der Waals surface area contributed by atoms with E-state index < -0.39 is 6.04 Å². The number of hydrogen-bond acceptors (Lipinski definition) is 3. The zero-order valence-electron chi connectivity index (χ0n) is 15.0. The lowest BCUT2D eigenvalue weighted by Crippen LogP contribution is -2.49. The lowest BCUT2D eigenvalue weighted by molar-refractivity contribution is -0.123.